The van der Waals surface area contributed by atoms with Gasteiger partial charge >= 0.3 is 0 Å². The van der Waals surface area contributed by atoms with Gasteiger partial charge in [0, 0.05) is 25.3 Å². The van der Waals surface area contributed by atoms with Crippen LogP contribution in [0.15, 0.2) is 0 Å². The standard InChI is InChI=1S/C12H26N2O/c1-4-15-9-5-7-13-12-6-8-14(3)11(2)10-12/h11-13H,4-10H2,1-3H3. The van der Waals surface area contributed by atoms with Gasteiger partial charge in [0.05, 0.1) is 0 Å². The van der Waals surface area contributed by atoms with E-state index in [0.717, 1.165) is 38.3 Å². The molecule has 3 heteroatoms. The summed E-state index contributed by atoms with van der Waals surface area (Å²) in [5, 5.41) is 3.62. The third-order valence-electron chi connectivity index (χ3n) is 3.31. The van der Waals surface area contributed by atoms with E-state index in [1.165, 1.54) is 19.4 Å². The molecular weight excluding hydrogens is 188 g/mol. The molecule has 0 saturated carbocycles. The Balaban J connectivity index is 2.02. The summed E-state index contributed by atoms with van der Waals surface area (Å²) >= 11 is 0. The Morgan fingerprint density at radius 2 is 2.27 bits per heavy atom. The van der Waals surface area contributed by atoms with Crippen LogP contribution in [0.5, 0.6) is 0 Å². The van der Waals surface area contributed by atoms with Crippen molar-refractivity contribution in [3.63, 3.8) is 0 Å². The maximum atomic E-state index is 5.31. The van der Waals surface area contributed by atoms with E-state index in [0.29, 0.717) is 0 Å². The van der Waals surface area contributed by atoms with Gasteiger partial charge in [0.1, 0.15) is 0 Å². The number of ether oxygens (including phenoxy) is 1. The second kappa shape index (κ2) is 7.20. The summed E-state index contributed by atoms with van der Waals surface area (Å²) in [4.78, 5) is 2.44. The molecule has 1 rings (SSSR count). The van der Waals surface area contributed by atoms with Crippen molar-refractivity contribution in [1.82, 2.24) is 10.2 Å². The third-order valence-corrected chi connectivity index (χ3v) is 3.31. The first-order valence-corrected chi connectivity index (χ1v) is 6.25. The molecule has 15 heavy (non-hydrogen) atoms. The summed E-state index contributed by atoms with van der Waals surface area (Å²) in [6.07, 6.45) is 3.70. The number of nitrogens with zero attached hydrogens (tertiary/aromatic N) is 1. The van der Waals surface area contributed by atoms with Crippen molar-refractivity contribution in [3.8, 4) is 0 Å². The Morgan fingerprint density at radius 3 is 2.93 bits per heavy atom. The molecule has 0 bridgehead atoms. The summed E-state index contributed by atoms with van der Waals surface area (Å²) in [5.41, 5.74) is 0. The fraction of sp³-hybridized carbons (Fsp3) is 1.00. The fourth-order valence-corrected chi connectivity index (χ4v) is 2.10. The molecule has 0 spiro atoms. The Morgan fingerprint density at radius 1 is 1.47 bits per heavy atom. The predicted molar refractivity (Wildman–Crippen MR) is 64.2 cm³/mol. The lowest BCUT2D eigenvalue weighted by Gasteiger charge is -2.35. The molecule has 3 nitrogen and oxygen atoms in total. The van der Waals surface area contributed by atoms with Gasteiger partial charge in [0.25, 0.3) is 0 Å². The zero-order chi connectivity index (χ0) is 11.1. The minimum atomic E-state index is 0.720. The molecule has 1 heterocycles. The molecule has 0 aromatic rings. The van der Waals surface area contributed by atoms with Crippen LogP contribution in [0.25, 0.3) is 0 Å². The number of hydrogen-bond acceptors (Lipinski definition) is 3. The third kappa shape index (κ3) is 4.96. The molecule has 2 atom stereocenters. The highest BCUT2D eigenvalue weighted by Crippen LogP contribution is 2.14. The first-order chi connectivity index (χ1) is 7.24. The maximum Gasteiger partial charge on any atom is 0.0477 e. The van der Waals surface area contributed by atoms with Crippen LogP contribution in [0.3, 0.4) is 0 Å². The van der Waals surface area contributed by atoms with Crippen molar-refractivity contribution in [2.24, 2.45) is 0 Å². The van der Waals surface area contributed by atoms with Crippen LogP contribution in [-0.2, 0) is 4.74 Å². The quantitative estimate of drug-likeness (QED) is 0.678. The molecule has 0 radical (unpaired) electrons. The van der Waals surface area contributed by atoms with Gasteiger partial charge in [0.2, 0.25) is 0 Å². The van der Waals surface area contributed by atoms with Crippen LogP contribution in [0, 0.1) is 0 Å². The summed E-state index contributed by atoms with van der Waals surface area (Å²) < 4.78 is 5.31. The van der Waals surface area contributed by atoms with E-state index in [1.54, 1.807) is 0 Å². The normalized spacial score (nSPS) is 28.2. The number of rotatable bonds is 6. The van der Waals surface area contributed by atoms with Crippen molar-refractivity contribution in [2.75, 3.05) is 33.4 Å². The van der Waals surface area contributed by atoms with Gasteiger partial charge < -0.3 is 15.0 Å². The smallest absolute Gasteiger partial charge is 0.0477 e. The topological polar surface area (TPSA) is 24.5 Å². The average Bonchev–Trinajstić information content (AvgIpc) is 2.23. The summed E-state index contributed by atoms with van der Waals surface area (Å²) in [5.74, 6) is 0. The number of hydrogen-bond donors (Lipinski definition) is 1. The average molecular weight is 214 g/mol. The Hall–Kier alpha value is -0.120. The second-order valence-corrected chi connectivity index (χ2v) is 4.56. The lowest BCUT2D eigenvalue weighted by molar-refractivity contribution is 0.138. The zero-order valence-corrected chi connectivity index (χ0v) is 10.5. The molecule has 1 fully saturated rings. The number of likely N-dealkylation sites (tertiary alicyclic amines) is 1. The van der Waals surface area contributed by atoms with Gasteiger partial charge in [-0.25, -0.2) is 0 Å². The second-order valence-electron chi connectivity index (χ2n) is 4.56. The van der Waals surface area contributed by atoms with Crippen LogP contribution in [0.4, 0.5) is 0 Å². The van der Waals surface area contributed by atoms with Gasteiger partial charge in [-0.05, 0) is 53.2 Å². The number of piperidine rings is 1. The lowest BCUT2D eigenvalue weighted by atomic mass is 9.99. The van der Waals surface area contributed by atoms with Crippen molar-refractivity contribution >= 4 is 0 Å². The first kappa shape index (κ1) is 12.9. The minimum absolute atomic E-state index is 0.720. The monoisotopic (exact) mass is 214 g/mol. The SMILES string of the molecule is CCOCCCNC1CCN(C)C(C)C1. The van der Waals surface area contributed by atoms with Crippen LogP contribution < -0.4 is 5.32 Å². The van der Waals surface area contributed by atoms with Crippen LogP contribution in [0.1, 0.15) is 33.1 Å². The molecule has 1 aliphatic rings. The Labute approximate surface area is 94.2 Å². The van der Waals surface area contributed by atoms with Crippen molar-refractivity contribution in [2.45, 2.75) is 45.2 Å². The van der Waals surface area contributed by atoms with Crippen LogP contribution in [-0.4, -0.2) is 50.3 Å². The van der Waals surface area contributed by atoms with Crippen molar-refractivity contribution in [3.05, 3.63) is 0 Å². The van der Waals surface area contributed by atoms with E-state index < -0.39 is 0 Å². The summed E-state index contributed by atoms with van der Waals surface area (Å²) in [6, 6.07) is 1.45. The molecule has 0 aliphatic carbocycles. The van der Waals surface area contributed by atoms with Gasteiger partial charge in [-0.2, -0.15) is 0 Å². The lowest BCUT2D eigenvalue weighted by Crippen LogP contribution is -2.45. The highest BCUT2D eigenvalue weighted by molar-refractivity contribution is 4.80. The zero-order valence-electron chi connectivity index (χ0n) is 10.5. The summed E-state index contributed by atoms with van der Waals surface area (Å²) in [7, 11) is 2.22. The van der Waals surface area contributed by atoms with Crippen molar-refractivity contribution < 1.29 is 4.74 Å². The van der Waals surface area contributed by atoms with Crippen LogP contribution in [0.2, 0.25) is 0 Å². The van der Waals surface area contributed by atoms with Crippen molar-refractivity contribution in [1.29, 1.82) is 0 Å². The first-order valence-electron chi connectivity index (χ1n) is 6.25. The summed E-state index contributed by atoms with van der Waals surface area (Å²) in [6.45, 7) is 8.42. The molecule has 0 aromatic carbocycles. The Bertz CT molecular complexity index is 164. The van der Waals surface area contributed by atoms with E-state index in [2.05, 4.69) is 24.2 Å². The Kier molecular flexibility index (Phi) is 6.22. The van der Waals surface area contributed by atoms with E-state index in [-0.39, 0.29) is 0 Å². The maximum absolute atomic E-state index is 5.31. The van der Waals surface area contributed by atoms with Crippen LogP contribution >= 0.6 is 0 Å². The van der Waals surface area contributed by atoms with Gasteiger partial charge in [-0.15, -0.1) is 0 Å². The minimum Gasteiger partial charge on any atom is -0.382 e. The highest BCUT2D eigenvalue weighted by atomic mass is 16.5. The van der Waals surface area contributed by atoms with Gasteiger partial charge in [-0.3, -0.25) is 0 Å². The molecule has 90 valence electrons. The van der Waals surface area contributed by atoms with E-state index in [1.807, 2.05) is 6.92 Å². The van der Waals surface area contributed by atoms with E-state index in [4.69, 9.17) is 4.74 Å². The molecule has 1 saturated heterocycles. The molecule has 0 aromatic heterocycles. The fourth-order valence-electron chi connectivity index (χ4n) is 2.10. The van der Waals surface area contributed by atoms with Gasteiger partial charge in [0.15, 0.2) is 0 Å². The highest BCUT2D eigenvalue weighted by Gasteiger charge is 2.21. The largest absolute Gasteiger partial charge is 0.382 e. The van der Waals surface area contributed by atoms with E-state index >= 15 is 0 Å². The molecule has 1 N–H and O–H groups in total. The molecule has 0 amide bonds. The number of nitrogens with one attached hydrogen (secondary N) is 1. The molecule has 2 unspecified atom stereocenters. The van der Waals surface area contributed by atoms with Gasteiger partial charge in [-0.1, -0.05) is 0 Å². The predicted octanol–water partition coefficient (Wildman–Crippen LogP) is 1.49. The molecule has 1 aliphatic heterocycles. The van der Waals surface area contributed by atoms with E-state index in [9.17, 15) is 0 Å². The molecular formula is C12H26N2O.